The van der Waals surface area contributed by atoms with Crippen molar-refractivity contribution in [1.29, 1.82) is 0 Å². The van der Waals surface area contributed by atoms with Crippen LogP contribution in [0.3, 0.4) is 0 Å². The zero-order valence-corrected chi connectivity index (χ0v) is 17.8. The van der Waals surface area contributed by atoms with Crippen molar-refractivity contribution in [2.75, 3.05) is 29.1 Å². The van der Waals surface area contributed by atoms with E-state index in [0.29, 0.717) is 5.75 Å². The number of hydrogen-bond donors (Lipinski definition) is 1. The molecule has 4 rings (SSSR count). The Morgan fingerprint density at radius 1 is 1.04 bits per heavy atom. The zero-order valence-electron chi connectivity index (χ0n) is 15.4. The van der Waals surface area contributed by atoms with Gasteiger partial charge in [-0.2, -0.15) is 0 Å². The molecule has 2 aromatic carbocycles. The monoisotopic (exact) mass is 456 g/mol. The number of fused-ring (bicyclic) bond motifs is 1. The fraction of sp³-hybridized carbons (Fsp3) is 0.286. The number of benzene rings is 2. The molecule has 1 aromatic heterocycles. The van der Waals surface area contributed by atoms with E-state index in [2.05, 4.69) is 26.1 Å². The van der Waals surface area contributed by atoms with Gasteiger partial charge in [0.25, 0.3) is 0 Å². The van der Waals surface area contributed by atoms with Gasteiger partial charge in [0, 0.05) is 23.2 Å². The van der Waals surface area contributed by atoms with Gasteiger partial charge in [0.15, 0.2) is 5.82 Å². The second kappa shape index (κ2) is 8.92. The molecule has 0 spiro atoms. The molecule has 1 aliphatic heterocycles. The first-order valence-corrected chi connectivity index (χ1v) is 11.2. The van der Waals surface area contributed by atoms with Crippen LogP contribution in [0.25, 0.3) is 11.0 Å². The van der Waals surface area contributed by atoms with Crippen LogP contribution in [0, 0.1) is 0 Å². The Hall–Kier alpha value is -2.12. The highest BCUT2D eigenvalue weighted by molar-refractivity contribution is 9.10. The third kappa shape index (κ3) is 4.64. The molecule has 0 unspecified atom stereocenters. The average molecular weight is 457 g/mol. The Bertz CT molecular complexity index is 991. The van der Waals surface area contributed by atoms with Gasteiger partial charge in [0.2, 0.25) is 5.91 Å². The number of rotatable bonds is 5. The van der Waals surface area contributed by atoms with Gasteiger partial charge in [-0.25, -0.2) is 9.97 Å². The Labute approximate surface area is 177 Å². The Morgan fingerprint density at radius 2 is 1.79 bits per heavy atom. The van der Waals surface area contributed by atoms with E-state index in [1.54, 1.807) is 0 Å². The SMILES string of the molecule is O=C(CSc1nc2ccccc2nc1N1CCCCC1)Nc1cccc(Br)c1. The lowest BCUT2D eigenvalue weighted by Gasteiger charge is -2.29. The van der Waals surface area contributed by atoms with Gasteiger partial charge < -0.3 is 10.2 Å². The fourth-order valence-corrected chi connectivity index (χ4v) is 4.49. The minimum Gasteiger partial charge on any atom is -0.354 e. The van der Waals surface area contributed by atoms with E-state index in [-0.39, 0.29) is 5.91 Å². The lowest BCUT2D eigenvalue weighted by molar-refractivity contribution is -0.113. The van der Waals surface area contributed by atoms with E-state index in [9.17, 15) is 4.79 Å². The number of nitrogens with one attached hydrogen (secondary N) is 1. The summed E-state index contributed by atoms with van der Waals surface area (Å²) in [5.74, 6) is 1.14. The van der Waals surface area contributed by atoms with Crippen LogP contribution in [0.2, 0.25) is 0 Å². The maximum atomic E-state index is 12.4. The number of halogens is 1. The molecule has 144 valence electrons. The molecule has 1 saturated heterocycles. The minimum atomic E-state index is -0.0531. The summed E-state index contributed by atoms with van der Waals surface area (Å²) >= 11 is 4.87. The van der Waals surface area contributed by atoms with Crippen LogP contribution in [0.5, 0.6) is 0 Å². The summed E-state index contributed by atoms with van der Waals surface area (Å²) in [6, 6.07) is 15.5. The van der Waals surface area contributed by atoms with Crippen LogP contribution in [0.4, 0.5) is 11.5 Å². The molecule has 0 saturated carbocycles. The molecular formula is C21H21BrN4OS. The van der Waals surface area contributed by atoms with Crippen LogP contribution in [0.1, 0.15) is 19.3 Å². The highest BCUT2D eigenvalue weighted by Gasteiger charge is 2.19. The Kier molecular flexibility index (Phi) is 6.12. The number of thioether (sulfide) groups is 1. The van der Waals surface area contributed by atoms with E-state index < -0.39 is 0 Å². The van der Waals surface area contributed by atoms with Gasteiger partial charge in [-0.1, -0.05) is 45.9 Å². The lowest BCUT2D eigenvalue weighted by atomic mass is 10.1. The molecule has 0 aliphatic carbocycles. The van der Waals surface area contributed by atoms with Crippen LogP contribution in [0.15, 0.2) is 58.0 Å². The molecule has 1 fully saturated rings. The smallest absolute Gasteiger partial charge is 0.234 e. The quantitative estimate of drug-likeness (QED) is 0.540. The Balaban J connectivity index is 1.53. The number of aromatic nitrogens is 2. The first-order chi connectivity index (χ1) is 13.7. The molecule has 0 bridgehead atoms. The van der Waals surface area contributed by atoms with Crippen molar-refractivity contribution in [1.82, 2.24) is 9.97 Å². The third-order valence-electron chi connectivity index (χ3n) is 4.63. The Morgan fingerprint density at radius 3 is 2.54 bits per heavy atom. The minimum absolute atomic E-state index is 0.0531. The van der Waals surface area contributed by atoms with Crippen LogP contribution >= 0.6 is 27.7 Å². The molecule has 0 atom stereocenters. The summed E-state index contributed by atoms with van der Waals surface area (Å²) in [7, 11) is 0. The summed E-state index contributed by atoms with van der Waals surface area (Å²) in [4.78, 5) is 24.4. The molecule has 0 radical (unpaired) electrons. The number of piperidine rings is 1. The van der Waals surface area contributed by atoms with Gasteiger partial charge in [0.05, 0.1) is 16.8 Å². The first kappa shape index (κ1) is 19.2. The fourth-order valence-electron chi connectivity index (χ4n) is 3.28. The molecular weight excluding hydrogens is 436 g/mol. The first-order valence-electron chi connectivity index (χ1n) is 9.39. The van der Waals surface area contributed by atoms with Crippen LogP contribution in [-0.2, 0) is 4.79 Å². The van der Waals surface area contributed by atoms with E-state index in [4.69, 9.17) is 9.97 Å². The second-order valence-electron chi connectivity index (χ2n) is 6.74. The van der Waals surface area contributed by atoms with E-state index >= 15 is 0 Å². The predicted molar refractivity (Wildman–Crippen MR) is 119 cm³/mol. The van der Waals surface area contributed by atoms with Gasteiger partial charge in [-0.3, -0.25) is 4.79 Å². The van der Waals surface area contributed by atoms with Gasteiger partial charge in [0.1, 0.15) is 5.03 Å². The summed E-state index contributed by atoms with van der Waals surface area (Å²) < 4.78 is 0.936. The number of carbonyl (C=O) groups is 1. The number of carbonyl (C=O) groups excluding carboxylic acids is 1. The van der Waals surface area contributed by atoms with Crippen molar-refractivity contribution in [2.24, 2.45) is 0 Å². The molecule has 1 amide bonds. The maximum absolute atomic E-state index is 12.4. The normalized spacial score (nSPS) is 14.2. The van der Waals surface area contributed by atoms with Crippen LogP contribution < -0.4 is 10.2 Å². The molecule has 1 N–H and O–H groups in total. The maximum Gasteiger partial charge on any atom is 0.234 e. The molecule has 3 aromatic rings. The van der Waals surface area contributed by atoms with Crippen molar-refractivity contribution >= 4 is 56.1 Å². The highest BCUT2D eigenvalue weighted by atomic mass is 79.9. The van der Waals surface area contributed by atoms with Crippen molar-refractivity contribution < 1.29 is 4.79 Å². The summed E-state index contributed by atoms with van der Waals surface area (Å²) in [6.07, 6.45) is 3.60. The molecule has 28 heavy (non-hydrogen) atoms. The number of amides is 1. The highest BCUT2D eigenvalue weighted by Crippen LogP contribution is 2.31. The van der Waals surface area contributed by atoms with Crippen LogP contribution in [-0.4, -0.2) is 34.7 Å². The van der Waals surface area contributed by atoms with E-state index in [1.807, 2.05) is 48.5 Å². The number of anilines is 2. The number of hydrogen-bond acceptors (Lipinski definition) is 5. The van der Waals surface area contributed by atoms with Crippen molar-refractivity contribution in [3.05, 3.63) is 53.0 Å². The van der Waals surface area contributed by atoms with Gasteiger partial charge in [-0.15, -0.1) is 0 Å². The largest absolute Gasteiger partial charge is 0.354 e. The average Bonchev–Trinajstić information content (AvgIpc) is 2.72. The second-order valence-corrected chi connectivity index (χ2v) is 8.62. The topological polar surface area (TPSA) is 58.1 Å². The van der Waals surface area contributed by atoms with E-state index in [1.165, 1.54) is 31.0 Å². The molecule has 1 aliphatic rings. The standard InChI is InChI=1S/C21H21BrN4OS/c22-15-7-6-8-16(13-15)23-19(27)14-28-21-20(26-11-4-1-5-12-26)24-17-9-2-3-10-18(17)25-21/h2-3,6-10,13H,1,4-5,11-12,14H2,(H,23,27). The van der Waals surface area contributed by atoms with Gasteiger partial charge in [-0.05, 0) is 49.6 Å². The summed E-state index contributed by atoms with van der Waals surface area (Å²) in [6.45, 7) is 1.98. The molecule has 2 heterocycles. The summed E-state index contributed by atoms with van der Waals surface area (Å²) in [5, 5.41) is 3.76. The molecule has 5 nitrogen and oxygen atoms in total. The summed E-state index contributed by atoms with van der Waals surface area (Å²) in [5.41, 5.74) is 2.53. The van der Waals surface area contributed by atoms with Crippen molar-refractivity contribution in [3.8, 4) is 0 Å². The van der Waals surface area contributed by atoms with E-state index in [0.717, 1.165) is 45.1 Å². The predicted octanol–water partition coefficient (Wildman–Crippen LogP) is 5.11. The van der Waals surface area contributed by atoms with Gasteiger partial charge >= 0.3 is 0 Å². The lowest BCUT2D eigenvalue weighted by Crippen LogP contribution is -2.31. The van der Waals surface area contributed by atoms with Crippen molar-refractivity contribution in [3.63, 3.8) is 0 Å². The molecule has 7 heteroatoms. The number of para-hydroxylation sites is 2. The van der Waals surface area contributed by atoms with Crippen molar-refractivity contribution in [2.45, 2.75) is 24.3 Å². The number of nitrogens with zero attached hydrogens (tertiary/aromatic N) is 3. The zero-order chi connectivity index (χ0) is 19.3. The third-order valence-corrected chi connectivity index (χ3v) is 6.07.